The molecule has 0 aromatic heterocycles. The molecule has 1 fully saturated rings. The van der Waals surface area contributed by atoms with Crippen LogP contribution in [-0.2, 0) is 9.63 Å². The third-order valence-corrected chi connectivity index (χ3v) is 2.37. The predicted molar refractivity (Wildman–Crippen MR) is 41.9 cm³/mol. The van der Waals surface area contributed by atoms with Crippen LogP contribution in [0, 0.1) is 0 Å². The van der Waals surface area contributed by atoms with Crippen molar-refractivity contribution >= 4 is 6.47 Å². The van der Waals surface area contributed by atoms with Crippen molar-refractivity contribution in [3.05, 3.63) is 0 Å². The molecule has 0 atom stereocenters. The van der Waals surface area contributed by atoms with Crippen LogP contribution in [0.1, 0.15) is 19.3 Å². The number of nitrogens with zero attached hydrogens (tertiary/aromatic N) is 1. The van der Waals surface area contributed by atoms with Gasteiger partial charge in [0.1, 0.15) is 13.1 Å². The largest absolute Gasteiger partial charge is 0.442 e. The van der Waals surface area contributed by atoms with Crippen LogP contribution < -0.4 is 0 Å². The molecule has 0 spiro atoms. The van der Waals surface area contributed by atoms with Gasteiger partial charge in [-0.2, -0.15) is 13.2 Å². The summed E-state index contributed by atoms with van der Waals surface area (Å²) in [6.45, 7) is -0.445. The number of hydroxylamine groups is 3. The minimum absolute atomic E-state index is 0.108. The summed E-state index contributed by atoms with van der Waals surface area (Å²) in [6, 6.07) is 0. The third kappa shape index (κ3) is 3.17. The van der Waals surface area contributed by atoms with Gasteiger partial charge in [-0.05, 0) is 6.42 Å². The lowest BCUT2D eigenvalue weighted by Crippen LogP contribution is -2.55. The second-order valence-electron chi connectivity index (χ2n) is 3.54. The van der Waals surface area contributed by atoms with Crippen LogP contribution in [0.5, 0.6) is 0 Å². The average Bonchev–Trinajstić information content (AvgIpc) is 2.02. The van der Waals surface area contributed by atoms with Gasteiger partial charge in [0.05, 0.1) is 0 Å². The number of carbonyl (C=O) groups excluding carboxylic acids is 1. The summed E-state index contributed by atoms with van der Waals surface area (Å²) in [6.07, 6.45) is -2.05. The number of hydrogen-bond donors (Lipinski definition) is 0. The molecule has 82 valence electrons. The zero-order valence-corrected chi connectivity index (χ0v) is 7.72. The minimum Gasteiger partial charge on any atom is -0.280 e. The van der Waals surface area contributed by atoms with Gasteiger partial charge in [-0.3, -0.25) is 4.84 Å². The maximum atomic E-state index is 12.2. The molecule has 0 N–H and O–H groups in total. The molecular weight excluding hydrogens is 199 g/mol. The molecule has 0 unspecified atom stereocenters. The Morgan fingerprint density at radius 3 is 2.21 bits per heavy atom. The fourth-order valence-electron chi connectivity index (χ4n) is 1.81. The van der Waals surface area contributed by atoms with E-state index >= 15 is 0 Å². The monoisotopic (exact) mass is 212 g/mol. The first-order chi connectivity index (χ1) is 6.47. The Bertz CT molecular complexity index is 199. The molecule has 3 nitrogen and oxygen atoms in total. The van der Waals surface area contributed by atoms with Crippen molar-refractivity contribution in [1.29, 1.82) is 0 Å². The van der Waals surface area contributed by atoms with Crippen molar-refractivity contribution in [2.75, 3.05) is 19.6 Å². The number of piperidine rings is 1. The Balaban J connectivity index is 2.64. The lowest BCUT2D eigenvalue weighted by Gasteiger charge is -2.36. The molecule has 6 heteroatoms. The van der Waals surface area contributed by atoms with Gasteiger partial charge >= 0.3 is 12.6 Å². The normalized spacial score (nSPS) is 21.6. The van der Waals surface area contributed by atoms with Crippen molar-refractivity contribution in [3.8, 4) is 0 Å². The van der Waals surface area contributed by atoms with Gasteiger partial charge in [-0.1, -0.05) is 0 Å². The van der Waals surface area contributed by atoms with Gasteiger partial charge in [0.15, 0.2) is 0 Å². The summed E-state index contributed by atoms with van der Waals surface area (Å²) in [5, 5.41) is 0. The summed E-state index contributed by atoms with van der Waals surface area (Å²) in [4.78, 5) is 14.7. The Labute approximate surface area is 80.0 Å². The smallest absolute Gasteiger partial charge is 0.280 e. The predicted octanol–water partition coefficient (Wildman–Crippen LogP) is 1.64. The topological polar surface area (TPSA) is 26.3 Å². The van der Waals surface area contributed by atoms with E-state index in [-0.39, 0.29) is 19.6 Å². The van der Waals surface area contributed by atoms with Crippen LogP contribution in [0.15, 0.2) is 0 Å². The molecule has 1 saturated heterocycles. The van der Waals surface area contributed by atoms with E-state index < -0.39 is 17.4 Å². The fourth-order valence-corrected chi connectivity index (χ4v) is 1.81. The van der Waals surface area contributed by atoms with E-state index in [1.165, 1.54) is 0 Å². The molecule has 0 amide bonds. The number of alkyl halides is 3. The van der Waals surface area contributed by atoms with E-state index in [4.69, 9.17) is 0 Å². The molecule has 1 aliphatic heterocycles. The van der Waals surface area contributed by atoms with Crippen LogP contribution in [-0.4, -0.2) is 36.9 Å². The number of likely N-dealkylation sites (tertiary alicyclic amines) is 1. The number of halogens is 3. The second-order valence-corrected chi connectivity index (χ2v) is 3.54. The second kappa shape index (κ2) is 4.16. The summed E-state index contributed by atoms with van der Waals surface area (Å²) in [5.41, 5.74) is 0. The van der Waals surface area contributed by atoms with Crippen LogP contribution in [0.2, 0.25) is 0 Å². The van der Waals surface area contributed by atoms with Gasteiger partial charge in [-0.15, -0.1) is 4.65 Å². The maximum absolute atomic E-state index is 12.2. The van der Waals surface area contributed by atoms with Gasteiger partial charge in [0.2, 0.25) is 6.54 Å². The van der Waals surface area contributed by atoms with E-state index in [0.29, 0.717) is 12.8 Å². The van der Waals surface area contributed by atoms with Crippen LogP contribution in [0.4, 0.5) is 13.2 Å². The van der Waals surface area contributed by atoms with Crippen molar-refractivity contribution in [2.24, 2.45) is 0 Å². The van der Waals surface area contributed by atoms with Crippen molar-refractivity contribution in [2.45, 2.75) is 25.4 Å². The summed E-state index contributed by atoms with van der Waals surface area (Å²) < 4.78 is 36.0. The van der Waals surface area contributed by atoms with Crippen molar-refractivity contribution in [3.63, 3.8) is 0 Å². The highest BCUT2D eigenvalue weighted by atomic mass is 19.4. The zero-order valence-electron chi connectivity index (χ0n) is 7.72. The Kier molecular flexibility index (Phi) is 3.36. The fraction of sp³-hybridized carbons (Fsp3) is 0.875. The molecule has 1 heterocycles. The number of hydrogen-bond acceptors (Lipinski definition) is 2. The lowest BCUT2D eigenvalue weighted by molar-refractivity contribution is -1.10. The lowest BCUT2D eigenvalue weighted by atomic mass is 10.1. The van der Waals surface area contributed by atoms with Crippen LogP contribution >= 0.6 is 0 Å². The van der Waals surface area contributed by atoms with Crippen LogP contribution in [0.25, 0.3) is 0 Å². The van der Waals surface area contributed by atoms with Gasteiger partial charge in [0.25, 0.3) is 0 Å². The standard InChI is InChI=1S/C8H13F3NO2/c9-8(10,11)6-12(14-7-13)4-2-1-3-5-12/h7H,1-6H2/q+1. The highest BCUT2D eigenvalue weighted by Crippen LogP contribution is 2.26. The zero-order chi connectivity index (χ0) is 10.7. The summed E-state index contributed by atoms with van der Waals surface area (Å²) in [7, 11) is 0. The molecule has 1 aliphatic rings. The van der Waals surface area contributed by atoms with E-state index in [2.05, 4.69) is 4.84 Å². The molecule has 0 aromatic rings. The van der Waals surface area contributed by atoms with E-state index in [1.807, 2.05) is 0 Å². The molecule has 0 aliphatic carbocycles. The molecule has 1 rings (SSSR count). The third-order valence-electron chi connectivity index (χ3n) is 2.37. The molecular formula is C8H13F3NO2+. The van der Waals surface area contributed by atoms with Crippen molar-refractivity contribution in [1.82, 2.24) is 0 Å². The SMILES string of the molecule is O=CO[N+]1(CC(F)(F)F)CCCCC1. The van der Waals surface area contributed by atoms with Crippen LogP contribution in [0.3, 0.4) is 0 Å². The quantitative estimate of drug-likeness (QED) is 0.525. The van der Waals surface area contributed by atoms with E-state index in [9.17, 15) is 18.0 Å². The van der Waals surface area contributed by atoms with Gasteiger partial charge in [0, 0.05) is 12.8 Å². The summed E-state index contributed by atoms with van der Waals surface area (Å²) in [5.74, 6) is 0. The van der Waals surface area contributed by atoms with Gasteiger partial charge in [-0.25, -0.2) is 4.79 Å². The van der Waals surface area contributed by atoms with E-state index in [0.717, 1.165) is 6.42 Å². The molecule has 0 saturated carbocycles. The molecule has 0 aromatic carbocycles. The Hall–Kier alpha value is -0.780. The average molecular weight is 212 g/mol. The highest BCUT2D eigenvalue weighted by Gasteiger charge is 2.45. The maximum Gasteiger partial charge on any atom is 0.442 e. The molecule has 0 bridgehead atoms. The highest BCUT2D eigenvalue weighted by molar-refractivity contribution is 5.35. The first-order valence-corrected chi connectivity index (χ1v) is 4.52. The Morgan fingerprint density at radius 2 is 1.79 bits per heavy atom. The number of quaternary nitrogens is 1. The van der Waals surface area contributed by atoms with E-state index in [1.54, 1.807) is 0 Å². The first-order valence-electron chi connectivity index (χ1n) is 4.52. The molecule has 0 radical (unpaired) electrons. The Morgan fingerprint density at radius 1 is 1.21 bits per heavy atom. The first kappa shape index (κ1) is 11.3. The molecule has 14 heavy (non-hydrogen) atoms. The number of rotatable bonds is 3. The summed E-state index contributed by atoms with van der Waals surface area (Å²) >= 11 is 0. The van der Waals surface area contributed by atoms with Crippen molar-refractivity contribution < 1.29 is 27.4 Å². The number of carbonyl (C=O) groups is 1. The van der Waals surface area contributed by atoms with Gasteiger partial charge < -0.3 is 0 Å². The minimum atomic E-state index is -4.29.